The topological polar surface area (TPSA) is 62.5 Å². The first kappa shape index (κ1) is 12.3. The minimum absolute atomic E-state index is 0.0251. The number of nitrogens with zero attached hydrogens (tertiary/aromatic N) is 2. The van der Waals surface area contributed by atoms with Gasteiger partial charge in [-0.25, -0.2) is 0 Å². The molecule has 1 atom stereocenters. The van der Waals surface area contributed by atoms with Crippen LogP contribution in [0.4, 0.5) is 0 Å². The van der Waals surface area contributed by atoms with Crippen molar-refractivity contribution < 1.29 is 14.7 Å². The lowest BCUT2D eigenvalue weighted by molar-refractivity contribution is -0.143. The minimum Gasteiger partial charge on any atom is -0.481 e. The minimum atomic E-state index is -0.796. The number of carbonyl (C=O) groups excluding carboxylic acids is 1. The van der Waals surface area contributed by atoms with Gasteiger partial charge in [-0.2, -0.15) is 0 Å². The van der Waals surface area contributed by atoms with Crippen molar-refractivity contribution in [2.24, 2.45) is 5.92 Å². The standard InChI is InChI=1S/C14H18N2O3/c17-13(12-4-2-8-16(12)11-5-6-11)15-7-1-3-10(9-15)14(18)19/h2,4,8,10-11H,1,3,5-7,9H2,(H,18,19)/t10-/m0/s1. The van der Waals surface area contributed by atoms with Crippen LogP contribution in [0.5, 0.6) is 0 Å². The summed E-state index contributed by atoms with van der Waals surface area (Å²) >= 11 is 0. The molecule has 3 rings (SSSR count). The first-order valence-corrected chi connectivity index (χ1v) is 6.85. The van der Waals surface area contributed by atoms with Crippen LogP contribution >= 0.6 is 0 Å². The average Bonchev–Trinajstić information content (AvgIpc) is 3.15. The fourth-order valence-corrected chi connectivity index (χ4v) is 2.77. The largest absolute Gasteiger partial charge is 0.481 e. The molecule has 1 aromatic heterocycles. The lowest BCUT2D eigenvalue weighted by atomic mass is 9.98. The third-order valence-corrected chi connectivity index (χ3v) is 4.00. The molecular weight excluding hydrogens is 244 g/mol. The van der Waals surface area contributed by atoms with Gasteiger partial charge in [-0.05, 0) is 37.8 Å². The number of carboxylic acid groups (broad SMARTS) is 1. The highest BCUT2D eigenvalue weighted by molar-refractivity contribution is 5.93. The summed E-state index contributed by atoms with van der Waals surface area (Å²) in [7, 11) is 0. The number of carbonyl (C=O) groups is 2. The van der Waals surface area contributed by atoms with Crippen LogP contribution in [-0.2, 0) is 4.79 Å². The maximum absolute atomic E-state index is 12.5. The van der Waals surface area contributed by atoms with Crippen LogP contribution in [0.1, 0.15) is 42.2 Å². The zero-order chi connectivity index (χ0) is 13.4. The van der Waals surface area contributed by atoms with E-state index in [0.29, 0.717) is 31.2 Å². The number of hydrogen-bond acceptors (Lipinski definition) is 2. The van der Waals surface area contributed by atoms with Crippen molar-refractivity contribution in [3.63, 3.8) is 0 Å². The second-order valence-electron chi connectivity index (χ2n) is 5.46. The number of hydrogen-bond donors (Lipinski definition) is 1. The monoisotopic (exact) mass is 262 g/mol. The van der Waals surface area contributed by atoms with E-state index in [9.17, 15) is 9.59 Å². The van der Waals surface area contributed by atoms with E-state index in [0.717, 1.165) is 19.3 Å². The van der Waals surface area contributed by atoms with Crippen molar-refractivity contribution in [1.82, 2.24) is 9.47 Å². The third kappa shape index (κ3) is 2.37. The highest BCUT2D eigenvalue weighted by Gasteiger charge is 2.32. The number of aromatic nitrogens is 1. The molecule has 1 saturated carbocycles. The van der Waals surface area contributed by atoms with E-state index in [1.54, 1.807) is 4.90 Å². The summed E-state index contributed by atoms with van der Waals surface area (Å²) < 4.78 is 2.03. The molecule has 1 aromatic rings. The highest BCUT2D eigenvalue weighted by atomic mass is 16.4. The summed E-state index contributed by atoms with van der Waals surface area (Å²) in [4.78, 5) is 25.2. The van der Waals surface area contributed by atoms with Crippen LogP contribution in [0.25, 0.3) is 0 Å². The van der Waals surface area contributed by atoms with Crippen LogP contribution in [0.15, 0.2) is 18.3 Å². The summed E-state index contributed by atoms with van der Waals surface area (Å²) in [5.41, 5.74) is 0.702. The Morgan fingerprint density at radius 2 is 2.05 bits per heavy atom. The van der Waals surface area contributed by atoms with Crippen LogP contribution in [0.2, 0.25) is 0 Å². The number of rotatable bonds is 3. The van der Waals surface area contributed by atoms with Crippen LogP contribution in [-0.4, -0.2) is 39.5 Å². The van der Waals surface area contributed by atoms with E-state index < -0.39 is 11.9 Å². The molecule has 2 fully saturated rings. The summed E-state index contributed by atoms with van der Waals surface area (Å²) in [5, 5.41) is 9.08. The average molecular weight is 262 g/mol. The Kier molecular flexibility index (Phi) is 3.05. The van der Waals surface area contributed by atoms with Gasteiger partial charge in [-0.3, -0.25) is 9.59 Å². The molecule has 1 aliphatic heterocycles. The zero-order valence-electron chi connectivity index (χ0n) is 10.8. The maximum Gasteiger partial charge on any atom is 0.308 e. The van der Waals surface area contributed by atoms with Gasteiger partial charge in [0.05, 0.1) is 5.92 Å². The molecular formula is C14H18N2O3. The highest BCUT2D eigenvalue weighted by Crippen LogP contribution is 2.36. The van der Waals surface area contributed by atoms with Crippen LogP contribution < -0.4 is 0 Å². The first-order valence-electron chi connectivity index (χ1n) is 6.85. The smallest absolute Gasteiger partial charge is 0.308 e. The molecule has 1 aliphatic carbocycles. The molecule has 5 nitrogen and oxygen atoms in total. The molecule has 0 aromatic carbocycles. The normalized spacial score (nSPS) is 23.4. The molecule has 0 unspecified atom stereocenters. The van der Waals surface area contributed by atoms with Gasteiger partial charge < -0.3 is 14.6 Å². The van der Waals surface area contributed by atoms with E-state index >= 15 is 0 Å². The predicted octanol–water partition coefficient (Wildman–Crippen LogP) is 1.76. The second kappa shape index (κ2) is 4.72. The molecule has 0 bridgehead atoms. The van der Waals surface area contributed by atoms with Gasteiger partial charge in [0, 0.05) is 25.3 Å². The Labute approximate surface area is 111 Å². The molecule has 5 heteroatoms. The molecule has 1 N–H and O–H groups in total. The fraction of sp³-hybridized carbons (Fsp3) is 0.571. The molecule has 2 aliphatic rings. The molecule has 0 spiro atoms. The van der Waals surface area contributed by atoms with Crippen molar-refractivity contribution in [2.45, 2.75) is 31.7 Å². The molecule has 0 radical (unpaired) electrons. The zero-order valence-corrected chi connectivity index (χ0v) is 10.8. The number of amides is 1. The fourth-order valence-electron chi connectivity index (χ4n) is 2.77. The summed E-state index contributed by atoms with van der Waals surface area (Å²) in [5.74, 6) is -1.24. The van der Waals surface area contributed by atoms with E-state index in [1.165, 1.54) is 0 Å². The van der Waals surface area contributed by atoms with E-state index in [1.807, 2.05) is 22.9 Å². The summed E-state index contributed by atoms with van der Waals surface area (Å²) in [6, 6.07) is 4.20. The van der Waals surface area contributed by atoms with E-state index in [2.05, 4.69) is 0 Å². The van der Waals surface area contributed by atoms with Crippen LogP contribution in [0.3, 0.4) is 0 Å². The van der Waals surface area contributed by atoms with Crippen LogP contribution in [0, 0.1) is 5.92 Å². The van der Waals surface area contributed by atoms with Crippen molar-refractivity contribution in [1.29, 1.82) is 0 Å². The van der Waals surface area contributed by atoms with Crippen molar-refractivity contribution in [3.05, 3.63) is 24.0 Å². The SMILES string of the molecule is O=C(O)[C@H]1CCCN(C(=O)c2cccn2C2CC2)C1. The van der Waals surface area contributed by atoms with Crippen molar-refractivity contribution in [3.8, 4) is 0 Å². The summed E-state index contributed by atoms with van der Waals surface area (Å²) in [6.45, 7) is 1.00. The van der Waals surface area contributed by atoms with E-state index in [4.69, 9.17) is 5.11 Å². The Bertz CT molecular complexity index is 505. The Hall–Kier alpha value is -1.78. The number of likely N-dealkylation sites (tertiary alicyclic amines) is 1. The van der Waals surface area contributed by atoms with Gasteiger partial charge in [0.1, 0.15) is 5.69 Å². The lowest BCUT2D eigenvalue weighted by Crippen LogP contribution is -2.42. The molecule has 2 heterocycles. The molecule has 1 saturated heterocycles. The Balaban J connectivity index is 1.75. The molecule has 1 amide bonds. The second-order valence-corrected chi connectivity index (χ2v) is 5.46. The predicted molar refractivity (Wildman–Crippen MR) is 69.0 cm³/mol. The van der Waals surface area contributed by atoms with Gasteiger partial charge in [0.15, 0.2) is 0 Å². The van der Waals surface area contributed by atoms with Crippen molar-refractivity contribution >= 4 is 11.9 Å². The van der Waals surface area contributed by atoms with Crippen molar-refractivity contribution in [2.75, 3.05) is 13.1 Å². The molecule has 102 valence electrons. The Morgan fingerprint density at radius 3 is 2.74 bits per heavy atom. The van der Waals surface area contributed by atoms with Gasteiger partial charge in [0.25, 0.3) is 5.91 Å². The van der Waals surface area contributed by atoms with E-state index in [-0.39, 0.29) is 5.91 Å². The third-order valence-electron chi connectivity index (χ3n) is 4.00. The van der Waals surface area contributed by atoms with Gasteiger partial charge in [-0.15, -0.1) is 0 Å². The number of carboxylic acids is 1. The van der Waals surface area contributed by atoms with Gasteiger partial charge in [-0.1, -0.05) is 0 Å². The van der Waals surface area contributed by atoms with Gasteiger partial charge >= 0.3 is 5.97 Å². The first-order chi connectivity index (χ1) is 9.16. The number of piperidine rings is 1. The maximum atomic E-state index is 12.5. The molecule has 19 heavy (non-hydrogen) atoms. The number of aliphatic carboxylic acids is 1. The Morgan fingerprint density at radius 1 is 1.26 bits per heavy atom. The summed E-state index contributed by atoms with van der Waals surface area (Å²) in [6.07, 6.45) is 5.65. The lowest BCUT2D eigenvalue weighted by Gasteiger charge is -2.31. The quantitative estimate of drug-likeness (QED) is 0.902. The van der Waals surface area contributed by atoms with Gasteiger partial charge in [0.2, 0.25) is 0 Å².